The molecule has 4 nitrogen and oxygen atoms in total. The van der Waals surface area contributed by atoms with Crippen molar-refractivity contribution in [1.82, 2.24) is 9.97 Å². The first-order chi connectivity index (χ1) is 7.41. The molecule has 4 heteroatoms. The third-order valence-electron chi connectivity index (χ3n) is 2.23. The molecule has 0 aliphatic carbocycles. The number of hydrogen-bond acceptors (Lipinski definition) is 4. The SMILES string of the molecule is Cc1c(N)nc(C(C)C)nc1OCC(C)C. The van der Waals surface area contributed by atoms with E-state index in [0.29, 0.717) is 24.2 Å². The van der Waals surface area contributed by atoms with Crippen molar-refractivity contribution in [3.63, 3.8) is 0 Å². The quantitative estimate of drug-likeness (QED) is 0.852. The van der Waals surface area contributed by atoms with Crippen LogP contribution in [0.3, 0.4) is 0 Å². The molecule has 2 N–H and O–H groups in total. The molecule has 0 amide bonds. The summed E-state index contributed by atoms with van der Waals surface area (Å²) in [6.07, 6.45) is 0. The van der Waals surface area contributed by atoms with Crippen LogP contribution in [0.25, 0.3) is 0 Å². The lowest BCUT2D eigenvalue weighted by molar-refractivity contribution is 0.258. The van der Waals surface area contributed by atoms with E-state index >= 15 is 0 Å². The smallest absolute Gasteiger partial charge is 0.221 e. The molecule has 16 heavy (non-hydrogen) atoms. The van der Waals surface area contributed by atoms with Crippen molar-refractivity contribution in [3.8, 4) is 5.88 Å². The van der Waals surface area contributed by atoms with Crippen LogP contribution in [0.2, 0.25) is 0 Å². The first kappa shape index (κ1) is 12.7. The monoisotopic (exact) mass is 223 g/mol. The van der Waals surface area contributed by atoms with E-state index in [1.54, 1.807) is 0 Å². The summed E-state index contributed by atoms with van der Waals surface area (Å²) < 4.78 is 5.64. The number of hydrogen-bond donors (Lipinski definition) is 1. The molecule has 0 saturated heterocycles. The van der Waals surface area contributed by atoms with Crippen molar-refractivity contribution >= 4 is 5.82 Å². The normalized spacial score (nSPS) is 11.2. The first-order valence-electron chi connectivity index (χ1n) is 5.68. The van der Waals surface area contributed by atoms with Crippen LogP contribution >= 0.6 is 0 Å². The van der Waals surface area contributed by atoms with E-state index in [1.807, 2.05) is 20.8 Å². The Morgan fingerprint density at radius 1 is 1.19 bits per heavy atom. The maximum absolute atomic E-state index is 5.83. The van der Waals surface area contributed by atoms with Crippen LogP contribution in [-0.2, 0) is 0 Å². The van der Waals surface area contributed by atoms with Crippen molar-refractivity contribution in [2.45, 2.75) is 40.5 Å². The third kappa shape index (κ3) is 3.08. The van der Waals surface area contributed by atoms with Gasteiger partial charge in [0.1, 0.15) is 11.6 Å². The Labute approximate surface area is 97.2 Å². The van der Waals surface area contributed by atoms with Gasteiger partial charge in [0.05, 0.1) is 12.2 Å². The predicted octanol–water partition coefficient (Wildman–Crippen LogP) is 2.53. The van der Waals surface area contributed by atoms with Crippen LogP contribution in [0.1, 0.15) is 45.0 Å². The van der Waals surface area contributed by atoms with Gasteiger partial charge in [-0.2, -0.15) is 4.98 Å². The van der Waals surface area contributed by atoms with Crippen molar-refractivity contribution in [1.29, 1.82) is 0 Å². The minimum atomic E-state index is 0.254. The molecule has 0 fully saturated rings. The van der Waals surface area contributed by atoms with Crippen LogP contribution in [0.4, 0.5) is 5.82 Å². The fraction of sp³-hybridized carbons (Fsp3) is 0.667. The molecule has 0 aliphatic heterocycles. The van der Waals surface area contributed by atoms with Crippen molar-refractivity contribution in [2.24, 2.45) is 5.92 Å². The Bertz CT molecular complexity index is 362. The van der Waals surface area contributed by atoms with Crippen molar-refractivity contribution in [2.75, 3.05) is 12.3 Å². The number of aromatic nitrogens is 2. The fourth-order valence-corrected chi connectivity index (χ4v) is 1.17. The van der Waals surface area contributed by atoms with Crippen LogP contribution in [0.5, 0.6) is 5.88 Å². The summed E-state index contributed by atoms with van der Waals surface area (Å²) in [5, 5.41) is 0. The highest BCUT2D eigenvalue weighted by Gasteiger charge is 2.12. The van der Waals surface area contributed by atoms with Crippen LogP contribution in [0.15, 0.2) is 0 Å². The molecule has 0 spiro atoms. The molecule has 1 heterocycles. The van der Waals surface area contributed by atoms with Crippen LogP contribution in [-0.4, -0.2) is 16.6 Å². The maximum Gasteiger partial charge on any atom is 0.221 e. The molecule has 0 saturated carbocycles. The van der Waals surface area contributed by atoms with E-state index < -0.39 is 0 Å². The summed E-state index contributed by atoms with van der Waals surface area (Å²) in [5.74, 6) is 2.59. The number of nitrogen functional groups attached to an aromatic ring is 1. The Balaban J connectivity index is 2.97. The Morgan fingerprint density at radius 2 is 1.81 bits per heavy atom. The van der Waals surface area contributed by atoms with Gasteiger partial charge in [0.15, 0.2) is 0 Å². The second kappa shape index (κ2) is 5.14. The van der Waals surface area contributed by atoms with Gasteiger partial charge in [0, 0.05) is 5.92 Å². The number of ether oxygens (including phenoxy) is 1. The van der Waals surface area contributed by atoms with Gasteiger partial charge in [-0.25, -0.2) is 4.98 Å². The number of rotatable bonds is 4. The number of anilines is 1. The fourth-order valence-electron chi connectivity index (χ4n) is 1.17. The van der Waals surface area contributed by atoms with Crippen molar-refractivity contribution < 1.29 is 4.74 Å². The lowest BCUT2D eigenvalue weighted by Gasteiger charge is -2.13. The first-order valence-corrected chi connectivity index (χ1v) is 5.68. The molecule has 1 rings (SSSR count). The van der Waals surface area contributed by atoms with Gasteiger partial charge in [-0.3, -0.25) is 0 Å². The van der Waals surface area contributed by atoms with E-state index in [2.05, 4.69) is 23.8 Å². The highest BCUT2D eigenvalue weighted by atomic mass is 16.5. The summed E-state index contributed by atoms with van der Waals surface area (Å²) >= 11 is 0. The van der Waals surface area contributed by atoms with Gasteiger partial charge in [0.2, 0.25) is 5.88 Å². The largest absolute Gasteiger partial charge is 0.477 e. The zero-order chi connectivity index (χ0) is 12.3. The topological polar surface area (TPSA) is 61.0 Å². The van der Waals surface area contributed by atoms with E-state index in [1.165, 1.54) is 0 Å². The Hall–Kier alpha value is -1.32. The van der Waals surface area contributed by atoms with Gasteiger partial charge in [0.25, 0.3) is 0 Å². The van der Waals surface area contributed by atoms with Gasteiger partial charge < -0.3 is 10.5 Å². The summed E-state index contributed by atoms with van der Waals surface area (Å²) in [4.78, 5) is 8.64. The molecule has 1 aromatic heterocycles. The maximum atomic E-state index is 5.83. The highest BCUT2D eigenvalue weighted by molar-refractivity contribution is 5.44. The van der Waals surface area contributed by atoms with Crippen LogP contribution in [0, 0.1) is 12.8 Å². The minimum Gasteiger partial charge on any atom is -0.477 e. The molecule has 0 bridgehead atoms. The Morgan fingerprint density at radius 3 is 2.31 bits per heavy atom. The van der Waals surface area contributed by atoms with E-state index in [-0.39, 0.29) is 5.92 Å². The molecule has 0 atom stereocenters. The zero-order valence-corrected chi connectivity index (χ0v) is 10.7. The molecule has 0 unspecified atom stereocenters. The number of nitrogens with zero attached hydrogens (tertiary/aromatic N) is 2. The summed E-state index contributed by atoms with van der Waals surface area (Å²) in [7, 11) is 0. The second-order valence-corrected chi connectivity index (χ2v) is 4.76. The summed E-state index contributed by atoms with van der Waals surface area (Å²) in [6, 6.07) is 0. The minimum absolute atomic E-state index is 0.254. The summed E-state index contributed by atoms with van der Waals surface area (Å²) in [5.41, 5.74) is 6.66. The lowest BCUT2D eigenvalue weighted by Crippen LogP contribution is -2.11. The van der Waals surface area contributed by atoms with E-state index in [9.17, 15) is 0 Å². The van der Waals surface area contributed by atoms with E-state index in [0.717, 1.165) is 11.4 Å². The zero-order valence-electron chi connectivity index (χ0n) is 10.7. The molecule has 0 radical (unpaired) electrons. The van der Waals surface area contributed by atoms with Gasteiger partial charge in [-0.05, 0) is 12.8 Å². The number of nitrogens with two attached hydrogens (primary N) is 1. The predicted molar refractivity (Wildman–Crippen MR) is 65.6 cm³/mol. The Kier molecular flexibility index (Phi) is 4.10. The lowest BCUT2D eigenvalue weighted by atomic mass is 10.2. The molecule has 0 aliphatic rings. The molecule has 90 valence electrons. The third-order valence-corrected chi connectivity index (χ3v) is 2.23. The summed E-state index contributed by atoms with van der Waals surface area (Å²) in [6.45, 7) is 10.8. The van der Waals surface area contributed by atoms with Gasteiger partial charge in [-0.1, -0.05) is 27.7 Å². The average Bonchev–Trinajstić information content (AvgIpc) is 2.19. The molecular formula is C12H21N3O. The standard InChI is InChI=1S/C12H21N3O/c1-7(2)6-16-12-9(5)10(13)14-11(15-12)8(3)4/h7-8H,6H2,1-5H3,(H2,13,14,15). The second-order valence-electron chi connectivity index (χ2n) is 4.76. The highest BCUT2D eigenvalue weighted by Crippen LogP contribution is 2.23. The molecule has 1 aromatic rings. The van der Waals surface area contributed by atoms with Gasteiger partial charge >= 0.3 is 0 Å². The van der Waals surface area contributed by atoms with E-state index in [4.69, 9.17) is 10.5 Å². The van der Waals surface area contributed by atoms with Crippen molar-refractivity contribution in [3.05, 3.63) is 11.4 Å². The average molecular weight is 223 g/mol. The van der Waals surface area contributed by atoms with Crippen LogP contribution < -0.4 is 10.5 Å². The molecule has 0 aromatic carbocycles. The van der Waals surface area contributed by atoms with Gasteiger partial charge in [-0.15, -0.1) is 0 Å². The molecular weight excluding hydrogens is 202 g/mol.